The Kier molecular flexibility index (Phi) is 7.82. The number of piperidine rings is 1. The monoisotopic (exact) mass is 258 g/mol. The second-order valence-corrected chi connectivity index (χ2v) is 5.78. The van der Waals surface area contributed by atoms with Crippen LogP contribution in [-0.4, -0.2) is 62.0 Å². The van der Waals surface area contributed by atoms with Crippen LogP contribution in [0, 0.1) is 5.92 Å². The van der Waals surface area contributed by atoms with E-state index in [-0.39, 0.29) is 12.2 Å². The lowest BCUT2D eigenvalue weighted by Crippen LogP contribution is -2.34. The molecule has 0 aliphatic carbocycles. The molecule has 108 valence electrons. The molecule has 0 amide bonds. The molecule has 0 spiro atoms. The topological polar surface area (TPSA) is 44.7 Å². The van der Waals surface area contributed by atoms with Crippen molar-refractivity contribution in [2.75, 3.05) is 39.8 Å². The van der Waals surface area contributed by atoms with E-state index in [2.05, 4.69) is 17.3 Å². The zero-order valence-corrected chi connectivity index (χ0v) is 12.2. The summed E-state index contributed by atoms with van der Waals surface area (Å²) in [6.45, 7) is 8.51. The molecule has 1 atom stereocenters. The van der Waals surface area contributed by atoms with Crippen molar-refractivity contribution < 1.29 is 9.84 Å². The highest BCUT2D eigenvalue weighted by Gasteiger charge is 2.16. The number of nitrogens with one attached hydrogen (secondary N) is 1. The lowest BCUT2D eigenvalue weighted by atomic mass is 9.94. The van der Waals surface area contributed by atoms with Gasteiger partial charge in [-0.25, -0.2) is 0 Å². The SMILES string of the molecule is CC(C)OCC(O)CNCCC1CCN(C)CC1. The van der Waals surface area contributed by atoms with Crippen molar-refractivity contribution in [2.45, 2.75) is 45.3 Å². The molecule has 0 bridgehead atoms. The van der Waals surface area contributed by atoms with Gasteiger partial charge in [0, 0.05) is 6.54 Å². The average molecular weight is 258 g/mol. The maximum atomic E-state index is 9.68. The minimum atomic E-state index is -0.384. The third kappa shape index (κ3) is 7.31. The fraction of sp³-hybridized carbons (Fsp3) is 1.00. The van der Waals surface area contributed by atoms with Gasteiger partial charge in [-0.3, -0.25) is 0 Å². The van der Waals surface area contributed by atoms with E-state index in [1.165, 1.54) is 32.4 Å². The molecule has 1 aliphatic rings. The zero-order valence-electron chi connectivity index (χ0n) is 12.2. The number of likely N-dealkylation sites (tertiary alicyclic amines) is 1. The van der Waals surface area contributed by atoms with E-state index in [1.54, 1.807) is 0 Å². The highest BCUT2D eigenvalue weighted by molar-refractivity contribution is 4.71. The quantitative estimate of drug-likeness (QED) is 0.640. The number of aliphatic hydroxyl groups excluding tert-OH is 1. The zero-order chi connectivity index (χ0) is 13.4. The molecule has 1 fully saturated rings. The van der Waals surface area contributed by atoms with Crippen LogP contribution in [0.4, 0.5) is 0 Å². The van der Waals surface area contributed by atoms with E-state index in [0.29, 0.717) is 13.2 Å². The Morgan fingerprint density at radius 2 is 2.00 bits per heavy atom. The van der Waals surface area contributed by atoms with Gasteiger partial charge in [0.1, 0.15) is 0 Å². The summed E-state index contributed by atoms with van der Waals surface area (Å²) in [5.74, 6) is 0.859. The van der Waals surface area contributed by atoms with Crippen LogP contribution in [-0.2, 0) is 4.74 Å². The molecule has 0 aromatic carbocycles. The molecule has 0 radical (unpaired) electrons. The van der Waals surface area contributed by atoms with Crippen LogP contribution in [0.5, 0.6) is 0 Å². The molecule has 4 heteroatoms. The first-order valence-corrected chi connectivity index (χ1v) is 7.27. The number of aliphatic hydroxyl groups is 1. The molecule has 1 heterocycles. The Morgan fingerprint density at radius 3 is 2.61 bits per heavy atom. The number of hydrogen-bond donors (Lipinski definition) is 2. The van der Waals surface area contributed by atoms with E-state index in [9.17, 15) is 5.11 Å². The maximum absolute atomic E-state index is 9.68. The Hall–Kier alpha value is -0.160. The molecular formula is C14H30N2O2. The van der Waals surface area contributed by atoms with E-state index < -0.39 is 0 Å². The minimum Gasteiger partial charge on any atom is -0.389 e. The Morgan fingerprint density at radius 1 is 1.33 bits per heavy atom. The summed E-state index contributed by atoms with van der Waals surface area (Å²) in [6, 6.07) is 0. The van der Waals surface area contributed by atoms with Crippen molar-refractivity contribution >= 4 is 0 Å². The fourth-order valence-electron chi connectivity index (χ4n) is 2.29. The van der Waals surface area contributed by atoms with Crippen molar-refractivity contribution in [1.82, 2.24) is 10.2 Å². The summed E-state index contributed by atoms with van der Waals surface area (Å²) < 4.78 is 5.37. The third-order valence-corrected chi connectivity index (χ3v) is 3.57. The minimum absolute atomic E-state index is 0.193. The maximum Gasteiger partial charge on any atom is 0.0897 e. The standard InChI is InChI=1S/C14H30N2O2/c1-12(2)18-11-14(17)10-15-7-4-13-5-8-16(3)9-6-13/h12-15,17H,4-11H2,1-3H3. The van der Waals surface area contributed by atoms with Gasteiger partial charge in [0.2, 0.25) is 0 Å². The first kappa shape index (κ1) is 15.9. The summed E-state index contributed by atoms with van der Waals surface area (Å²) in [6.07, 6.45) is 3.67. The van der Waals surface area contributed by atoms with Gasteiger partial charge in [0.25, 0.3) is 0 Å². The molecule has 0 aromatic heterocycles. The van der Waals surface area contributed by atoms with Gasteiger partial charge in [-0.15, -0.1) is 0 Å². The van der Waals surface area contributed by atoms with Crippen LogP contribution in [0.1, 0.15) is 33.1 Å². The number of rotatable bonds is 8. The second kappa shape index (κ2) is 8.86. The van der Waals surface area contributed by atoms with Crippen LogP contribution in [0.2, 0.25) is 0 Å². The first-order chi connectivity index (χ1) is 8.58. The van der Waals surface area contributed by atoms with Gasteiger partial charge < -0.3 is 20.1 Å². The average Bonchev–Trinajstić information content (AvgIpc) is 2.34. The number of hydrogen-bond acceptors (Lipinski definition) is 4. The number of ether oxygens (including phenoxy) is 1. The summed E-state index contributed by atoms with van der Waals surface area (Å²) in [4.78, 5) is 2.40. The molecule has 18 heavy (non-hydrogen) atoms. The van der Waals surface area contributed by atoms with E-state index >= 15 is 0 Å². The van der Waals surface area contributed by atoms with E-state index in [4.69, 9.17) is 4.74 Å². The molecule has 0 aromatic rings. The summed E-state index contributed by atoms with van der Waals surface area (Å²) >= 11 is 0. The predicted molar refractivity (Wildman–Crippen MR) is 74.8 cm³/mol. The van der Waals surface area contributed by atoms with Gasteiger partial charge in [-0.2, -0.15) is 0 Å². The van der Waals surface area contributed by atoms with Crippen LogP contribution < -0.4 is 5.32 Å². The molecular weight excluding hydrogens is 228 g/mol. The Bertz CT molecular complexity index is 204. The highest BCUT2D eigenvalue weighted by atomic mass is 16.5. The smallest absolute Gasteiger partial charge is 0.0897 e. The van der Waals surface area contributed by atoms with Gasteiger partial charge >= 0.3 is 0 Å². The fourth-order valence-corrected chi connectivity index (χ4v) is 2.29. The molecule has 1 unspecified atom stereocenters. The highest BCUT2D eigenvalue weighted by Crippen LogP contribution is 2.18. The van der Waals surface area contributed by atoms with Crippen molar-refractivity contribution in [3.8, 4) is 0 Å². The second-order valence-electron chi connectivity index (χ2n) is 5.78. The van der Waals surface area contributed by atoms with Gasteiger partial charge in [0.15, 0.2) is 0 Å². The van der Waals surface area contributed by atoms with Crippen LogP contribution in [0.3, 0.4) is 0 Å². The van der Waals surface area contributed by atoms with Crippen LogP contribution in [0.25, 0.3) is 0 Å². The summed E-state index contributed by atoms with van der Waals surface area (Å²) in [5.41, 5.74) is 0. The first-order valence-electron chi connectivity index (χ1n) is 7.27. The largest absolute Gasteiger partial charge is 0.389 e. The van der Waals surface area contributed by atoms with Crippen LogP contribution >= 0.6 is 0 Å². The van der Waals surface area contributed by atoms with Crippen molar-refractivity contribution in [2.24, 2.45) is 5.92 Å². The normalized spacial score (nSPS) is 20.5. The summed E-state index contributed by atoms with van der Waals surface area (Å²) in [7, 11) is 2.19. The van der Waals surface area contributed by atoms with E-state index in [1.807, 2.05) is 13.8 Å². The molecule has 1 aliphatic heterocycles. The molecule has 0 saturated carbocycles. The van der Waals surface area contributed by atoms with Crippen molar-refractivity contribution in [3.05, 3.63) is 0 Å². The van der Waals surface area contributed by atoms with Crippen molar-refractivity contribution in [3.63, 3.8) is 0 Å². The predicted octanol–water partition coefficient (Wildman–Crippen LogP) is 1.09. The molecule has 2 N–H and O–H groups in total. The number of nitrogens with zero attached hydrogens (tertiary/aromatic N) is 1. The van der Waals surface area contributed by atoms with Gasteiger partial charge in [-0.05, 0) is 65.7 Å². The lowest BCUT2D eigenvalue weighted by molar-refractivity contribution is 0.00632. The third-order valence-electron chi connectivity index (χ3n) is 3.57. The van der Waals surface area contributed by atoms with E-state index in [0.717, 1.165) is 12.5 Å². The summed E-state index contributed by atoms with van der Waals surface area (Å²) in [5, 5.41) is 13.0. The molecule has 1 saturated heterocycles. The van der Waals surface area contributed by atoms with Crippen molar-refractivity contribution in [1.29, 1.82) is 0 Å². The molecule has 1 rings (SSSR count). The molecule has 4 nitrogen and oxygen atoms in total. The lowest BCUT2D eigenvalue weighted by Gasteiger charge is -2.29. The van der Waals surface area contributed by atoms with Gasteiger partial charge in [-0.1, -0.05) is 0 Å². The Labute approximate surface area is 112 Å². The van der Waals surface area contributed by atoms with Gasteiger partial charge in [0.05, 0.1) is 18.8 Å². The van der Waals surface area contributed by atoms with Crippen LogP contribution in [0.15, 0.2) is 0 Å². The Balaban J connectivity index is 1.94.